The van der Waals surface area contributed by atoms with E-state index in [9.17, 15) is 0 Å². The Morgan fingerprint density at radius 3 is 2.57 bits per heavy atom. The van der Waals surface area contributed by atoms with E-state index >= 15 is 0 Å². The summed E-state index contributed by atoms with van der Waals surface area (Å²) in [7, 11) is 0. The van der Waals surface area contributed by atoms with E-state index in [0.29, 0.717) is 6.54 Å². The molecule has 1 aromatic carbocycles. The van der Waals surface area contributed by atoms with E-state index < -0.39 is 0 Å². The fourth-order valence-electron chi connectivity index (χ4n) is 1.52. The quantitative estimate of drug-likeness (QED) is 0.797. The molecule has 2 aromatic rings. The van der Waals surface area contributed by atoms with Crippen LogP contribution in [-0.2, 0) is 6.54 Å². The Morgan fingerprint density at radius 1 is 1.14 bits per heavy atom. The van der Waals surface area contributed by atoms with Crippen LogP contribution < -0.4 is 5.73 Å². The Morgan fingerprint density at radius 2 is 1.93 bits per heavy atom. The van der Waals surface area contributed by atoms with Crippen molar-refractivity contribution >= 4 is 11.3 Å². The van der Waals surface area contributed by atoms with Crippen molar-refractivity contribution in [2.24, 2.45) is 5.73 Å². The van der Waals surface area contributed by atoms with Gasteiger partial charge < -0.3 is 5.73 Å². The summed E-state index contributed by atoms with van der Waals surface area (Å²) in [5.41, 5.74) is 8.19. The first kappa shape index (κ1) is 9.44. The second-order valence-corrected chi connectivity index (χ2v) is 4.56. The summed E-state index contributed by atoms with van der Waals surface area (Å²) < 4.78 is 0. The van der Waals surface area contributed by atoms with E-state index in [4.69, 9.17) is 5.73 Å². The van der Waals surface area contributed by atoms with Crippen LogP contribution in [0, 0.1) is 6.92 Å². The minimum Gasteiger partial charge on any atom is -0.326 e. The van der Waals surface area contributed by atoms with Crippen LogP contribution in [0.1, 0.15) is 10.4 Å². The molecule has 72 valence electrons. The lowest BCUT2D eigenvalue weighted by molar-refractivity contribution is 1.07. The molecule has 2 N–H and O–H groups in total. The monoisotopic (exact) mass is 203 g/mol. The van der Waals surface area contributed by atoms with E-state index in [1.807, 2.05) is 17.4 Å². The van der Waals surface area contributed by atoms with Gasteiger partial charge in [0.25, 0.3) is 0 Å². The van der Waals surface area contributed by atoms with Gasteiger partial charge in [-0.25, -0.2) is 0 Å². The SMILES string of the molecule is Cc1ccc(-c2ccccc2CN)s1. The highest BCUT2D eigenvalue weighted by atomic mass is 32.1. The molecule has 0 fully saturated rings. The molecule has 1 nitrogen and oxygen atoms in total. The summed E-state index contributed by atoms with van der Waals surface area (Å²) in [5.74, 6) is 0. The average Bonchev–Trinajstić information content (AvgIpc) is 2.65. The Bertz CT molecular complexity index is 431. The van der Waals surface area contributed by atoms with Crippen molar-refractivity contribution in [1.82, 2.24) is 0 Å². The number of aryl methyl sites for hydroxylation is 1. The third kappa shape index (κ3) is 1.72. The minimum absolute atomic E-state index is 0.604. The number of hydrogen-bond acceptors (Lipinski definition) is 2. The van der Waals surface area contributed by atoms with Crippen LogP contribution in [0.3, 0.4) is 0 Å². The summed E-state index contributed by atoms with van der Waals surface area (Å²) in [6.45, 7) is 2.73. The van der Waals surface area contributed by atoms with E-state index in [2.05, 4.69) is 37.3 Å². The van der Waals surface area contributed by atoms with Gasteiger partial charge >= 0.3 is 0 Å². The van der Waals surface area contributed by atoms with Crippen LogP contribution in [0.25, 0.3) is 10.4 Å². The first-order chi connectivity index (χ1) is 6.81. The largest absolute Gasteiger partial charge is 0.326 e. The summed E-state index contributed by atoms with van der Waals surface area (Å²) in [4.78, 5) is 2.65. The van der Waals surface area contributed by atoms with Gasteiger partial charge in [-0.05, 0) is 30.2 Å². The summed E-state index contributed by atoms with van der Waals surface area (Å²) in [5, 5.41) is 0. The molecule has 0 aliphatic heterocycles. The predicted molar refractivity (Wildman–Crippen MR) is 62.4 cm³/mol. The number of benzene rings is 1. The summed E-state index contributed by atoms with van der Waals surface area (Å²) >= 11 is 1.81. The second-order valence-electron chi connectivity index (χ2n) is 3.27. The second kappa shape index (κ2) is 3.95. The molecular weight excluding hydrogens is 190 g/mol. The maximum atomic E-state index is 5.70. The lowest BCUT2D eigenvalue weighted by Crippen LogP contribution is -1.97. The predicted octanol–water partition coefficient (Wildman–Crippen LogP) is 3.18. The molecule has 0 unspecified atom stereocenters. The number of nitrogens with two attached hydrogens (primary N) is 1. The van der Waals surface area contributed by atoms with Gasteiger partial charge in [-0.1, -0.05) is 24.3 Å². The van der Waals surface area contributed by atoms with Crippen molar-refractivity contribution in [1.29, 1.82) is 0 Å². The fraction of sp³-hybridized carbons (Fsp3) is 0.167. The van der Waals surface area contributed by atoms with Gasteiger partial charge in [-0.2, -0.15) is 0 Å². The first-order valence-electron chi connectivity index (χ1n) is 4.66. The molecule has 0 aliphatic rings. The molecule has 0 spiro atoms. The van der Waals surface area contributed by atoms with E-state index in [1.165, 1.54) is 20.9 Å². The highest BCUT2D eigenvalue weighted by molar-refractivity contribution is 7.15. The van der Waals surface area contributed by atoms with Crippen LogP contribution in [0.15, 0.2) is 36.4 Å². The van der Waals surface area contributed by atoms with E-state index in [-0.39, 0.29) is 0 Å². The molecule has 1 heterocycles. The van der Waals surface area contributed by atoms with Crippen molar-refractivity contribution < 1.29 is 0 Å². The van der Waals surface area contributed by atoms with E-state index in [1.54, 1.807) is 0 Å². The van der Waals surface area contributed by atoms with Crippen molar-refractivity contribution in [2.45, 2.75) is 13.5 Å². The Labute approximate surface area is 88.2 Å². The molecule has 14 heavy (non-hydrogen) atoms. The van der Waals surface area contributed by atoms with Gasteiger partial charge in [0.2, 0.25) is 0 Å². The van der Waals surface area contributed by atoms with Gasteiger partial charge in [-0.15, -0.1) is 11.3 Å². The molecule has 0 bridgehead atoms. The minimum atomic E-state index is 0.604. The van der Waals surface area contributed by atoms with Crippen LogP contribution in [0.2, 0.25) is 0 Å². The number of thiophene rings is 1. The summed E-state index contributed by atoms with van der Waals surface area (Å²) in [6, 6.07) is 12.6. The van der Waals surface area contributed by atoms with Crippen LogP contribution in [-0.4, -0.2) is 0 Å². The Kier molecular flexibility index (Phi) is 2.66. The Balaban J connectivity index is 2.50. The molecule has 0 saturated heterocycles. The molecule has 0 amide bonds. The van der Waals surface area contributed by atoms with Crippen LogP contribution in [0.5, 0.6) is 0 Å². The molecule has 0 radical (unpaired) electrons. The zero-order chi connectivity index (χ0) is 9.97. The molecular formula is C12H13NS. The zero-order valence-electron chi connectivity index (χ0n) is 8.16. The summed E-state index contributed by atoms with van der Waals surface area (Å²) in [6.07, 6.45) is 0. The third-order valence-electron chi connectivity index (χ3n) is 2.24. The van der Waals surface area contributed by atoms with Crippen molar-refractivity contribution in [3.05, 3.63) is 46.8 Å². The van der Waals surface area contributed by atoms with E-state index in [0.717, 1.165) is 0 Å². The number of hydrogen-bond donors (Lipinski definition) is 1. The average molecular weight is 203 g/mol. The lowest BCUT2D eigenvalue weighted by Gasteiger charge is -2.04. The first-order valence-corrected chi connectivity index (χ1v) is 5.47. The van der Waals surface area contributed by atoms with Crippen molar-refractivity contribution in [3.8, 4) is 10.4 Å². The molecule has 0 atom stereocenters. The maximum absolute atomic E-state index is 5.70. The van der Waals surface area contributed by atoms with Gasteiger partial charge in [-0.3, -0.25) is 0 Å². The van der Waals surface area contributed by atoms with Gasteiger partial charge in [0.15, 0.2) is 0 Å². The Hall–Kier alpha value is -1.12. The molecule has 0 saturated carbocycles. The fourth-order valence-corrected chi connectivity index (χ4v) is 2.45. The topological polar surface area (TPSA) is 26.0 Å². The third-order valence-corrected chi connectivity index (χ3v) is 3.28. The van der Waals surface area contributed by atoms with Crippen molar-refractivity contribution in [3.63, 3.8) is 0 Å². The molecule has 2 heteroatoms. The standard InChI is InChI=1S/C12H13NS/c1-9-6-7-12(14-9)11-5-3-2-4-10(11)8-13/h2-7H,8,13H2,1H3. The lowest BCUT2D eigenvalue weighted by atomic mass is 10.1. The highest BCUT2D eigenvalue weighted by Crippen LogP contribution is 2.29. The molecule has 0 aliphatic carbocycles. The smallest absolute Gasteiger partial charge is 0.0348 e. The van der Waals surface area contributed by atoms with Crippen LogP contribution in [0.4, 0.5) is 0 Å². The normalized spacial score (nSPS) is 10.4. The maximum Gasteiger partial charge on any atom is 0.0348 e. The highest BCUT2D eigenvalue weighted by Gasteiger charge is 2.04. The van der Waals surface area contributed by atoms with Gasteiger partial charge in [0, 0.05) is 16.3 Å². The van der Waals surface area contributed by atoms with Gasteiger partial charge in [0.1, 0.15) is 0 Å². The zero-order valence-corrected chi connectivity index (χ0v) is 8.97. The van der Waals surface area contributed by atoms with Gasteiger partial charge in [0.05, 0.1) is 0 Å². The number of rotatable bonds is 2. The molecule has 2 rings (SSSR count). The van der Waals surface area contributed by atoms with Crippen molar-refractivity contribution in [2.75, 3.05) is 0 Å². The molecule has 1 aromatic heterocycles. The van der Waals surface area contributed by atoms with Crippen LogP contribution >= 0.6 is 11.3 Å².